The minimum absolute atomic E-state index is 0. The minimum atomic E-state index is -0.0319. The van der Waals surface area contributed by atoms with E-state index in [1.165, 1.54) is 0 Å². The molecular weight excluding hydrogens is 469 g/mol. The van der Waals surface area contributed by atoms with Gasteiger partial charge < -0.3 is 20.7 Å². The van der Waals surface area contributed by atoms with Crippen LogP contribution in [-0.2, 0) is 4.74 Å². The topological polar surface area (TPSA) is 78.0 Å². The first-order valence-corrected chi connectivity index (χ1v) is 9.88. The Kier molecular flexibility index (Phi) is 12.8. The van der Waals surface area contributed by atoms with Gasteiger partial charge in [-0.2, -0.15) is 0 Å². The van der Waals surface area contributed by atoms with Crippen molar-refractivity contribution in [2.24, 2.45) is 4.99 Å². The van der Waals surface area contributed by atoms with Crippen molar-refractivity contribution in [3.8, 4) is 0 Å². The van der Waals surface area contributed by atoms with Gasteiger partial charge in [-0.15, -0.1) is 24.0 Å². The lowest BCUT2D eigenvalue weighted by Gasteiger charge is -2.31. The number of aliphatic imine (C=N–C) groups is 1. The van der Waals surface area contributed by atoms with Crippen LogP contribution in [-0.4, -0.2) is 75.3 Å². The molecule has 1 atom stereocenters. The van der Waals surface area contributed by atoms with Crippen LogP contribution in [0.4, 0.5) is 0 Å². The maximum Gasteiger partial charge on any atom is 0.251 e. The van der Waals surface area contributed by atoms with Crippen molar-refractivity contribution in [2.75, 3.05) is 52.5 Å². The van der Waals surface area contributed by atoms with Crippen LogP contribution in [0.5, 0.6) is 0 Å². The fourth-order valence-electron chi connectivity index (χ4n) is 2.89. The second kappa shape index (κ2) is 14.6. The van der Waals surface area contributed by atoms with Crippen molar-refractivity contribution in [1.82, 2.24) is 20.9 Å². The van der Waals surface area contributed by atoms with E-state index < -0.39 is 0 Å². The molecule has 1 saturated heterocycles. The predicted octanol–water partition coefficient (Wildman–Crippen LogP) is 1.70. The number of ether oxygens (including phenoxy) is 1. The monoisotopic (exact) mass is 503 g/mol. The molecule has 0 radical (unpaired) electrons. The number of halogens is 1. The van der Waals surface area contributed by atoms with Gasteiger partial charge >= 0.3 is 0 Å². The zero-order valence-electron chi connectivity index (χ0n) is 16.9. The Balaban J connectivity index is 0.00000392. The van der Waals surface area contributed by atoms with Crippen molar-refractivity contribution in [3.05, 3.63) is 35.9 Å². The number of hydrogen-bond acceptors (Lipinski definition) is 4. The molecule has 158 valence electrons. The molecule has 1 fully saturated rings. The first-order chi connectivity index (χ1) is 13.2. The Hall–Kier alpha value is -1.39. The molecule has 3 N–H and O–H groups in total. The average molecular weight is 503 g/mol. The fraction of sp³-hybridized carbons (Fsp3) is 0.600. The Morgan fingerprint density at radius 3 is 2.50 bits per heavy atom. The maximum atomic E-state index is 12.0. The van der Waals surface area contributed by atoms with Crippen LogP contribution in [0.2, 0.25) is 0 Å². The van der Waals surface area contributed by atoms with Gasteiger partial charge in [0.25, 0.3) is 5.91 Å². The summed E-state index contributed by atoms with van der Waals surface area (Å²) in [6.07, 6.45) is 0.835. The number of carbonyl (C=O) groups is 1. The zero-order chi connectivity index (χ0) is 19.3. The molecule has 0 aromatic heterocycles. The van der Waals surface area contributed by atoms with E-state index in [0.717, 1.165) is 58.3 Å². The van der Waals surface area contributed by atoms with E-state index in [4.69, 9.17) is 9.73 Å². The molecule has 7 nitrogen and oxygen atoms in total. The third-order valence-electron chi connectivity index (χ3n) is 4.49. The Morgan fingerprint density at radius 2 is 1.82 bits per heavy atom. The lowest BCUT2D eigenvalue weighted by molar-refractivity contribution is 0.0220. The zero-order valence-corrected chi connectivity index (χ0v) is 19.3. The molecule has 0 aliphatic carbocycles. The maximum absolute atomic E-state index is 12.0. The molecule has 0 saturated carbocycles. The summed E-state index contributed by atoms with van der Waals surface area (Å²) in [5, 5.41) is 9.55. The highest BCUT2D eigenvalue weighted by Gasteiger charge is 2.16. The predicted molar refractivity (Wildman–Crippen MR) is 125 cm³/mol. The van der Waals surface area contributed by atoms with Gasteiger partial charge in [-0.25, -0.2) is 0 Å². The van der Waals surface area contributed by atoms with E-state index in [1.54, 1.807) is 0 Å². The van der Waals surface area contributed by atoms with Gasteiger partial charge in [-0.3, -0.25) is 14.7 Å². The first kappa shape index (κ1) is 24.6. The van der Waals surface area contributed by atoms with E-state index in [9.17, 15) is 4.79 Å². The summed E-state index contributed by atoms with van der Waals surface area (Å²) in [6, 6.07) is 9.68. The molecule has 8 heteroatoms. The molecule has 0 bridgehead atoms. The molecule has 1 aliphatic rings. The molecule has 1 aromatic rings. The normalized spacial score (nSPS) is 16.0. The summed E-state index contributed by atoms with van der Waals surface area (Å²) >= 11 is 0. The number of nitrogens with one attached hydrogen (secondary N) is 3. The lowest BCUT2D eigenvalue weighted by Crippen LogP contribution is -2.44. The molecule has 1 aromatic carbocycles. The second-order valence-electron chi connectivity index (χ2n) is 6.62. The fourth-order valence-corrected chi connectivity index (χ4v) is 2.89. The van der Waals surface area contributed by atoms with E-state index in [-0.39, 0.29) is 29.9 Å². The Morgan fingerprint density at radius 1 is 1.14 bits per heavy atom. The SMILES string of the molecule is CCNC(=NCC(C)N1CCOCC1)NCCCNC(=O)c1ccccc1.I. The molecule has 1 aliphatic heterocycles. The smallest absolute Gasteiger partial charge is 0.251 e. The number of morpholine rings is 1. The van der Waals surface area contributed by atoms with Gasteiger partial charge in [0.15, 0.2) is 5.96 Å². The number of guanidine groups is 1. The summed E-state index contributed by atoms with van der Waals surface area (Å²) in [5.74, 6) is 0.794. The number of rotatable bonds is 9. The van der Waals surface area contributed by atoms with Crippen LogP contribution < -0.4 is 16.0 Å². The molecule has 1 unspecified atom stereocenters. The van der Waals surface area contributed by atoms with Crippen molar-refractivity contribution >= 4 is 35.8 Å². The van der Waals surface area contributed by atoms with Crippen LogP contribution in [0.3, 0.4) is 0 Å². The van der Waals surface area contributed by atoms with E-state index in [2.05, 4.69) is 34.7 Å². The van der Waals surface area contributed by atoms with Crippen molar-refractivity contribution in [2.45, 2.75) is 26.3 Å². The molecule has 1 amide bonds. The average Bonchev–Trinajstić information content (AvgIpc) is 2.72. The van der Waals surface area contributed by atoms with Crippen molar-refractivity contribution in [1.29, 1.82) is 0 Å². The minimum Gasteiger partial charge on any atom is -0.379 e. The highest BCUT2D eigenvalue weighted by Crippen LogP contribution is 2.03. The van der Waals surface area contributed by atoms with Crippen LogP contribution in [0.25, 0.3) is 0 Å². The molecule has 0 spiro atoms. The van der Waals surface area contributed by atoms with Crippen LogP contribution in [0.15, 0.2) is 35.3 Å². The molecule has 2 rings (SSSR count). The van der Waals surface area contributed by atoms with Gasteiger partial charge in [-0.05, 0) is 32.4 Å². The lowest BCUT2D eigenvalue weighted by atomic mass is 10.2. The summed E-state index contributed by atoms with van der Waals surface area (Å²) < 4.78 is 5.40. The third-order valence-corrected chi connectivity index (χ3v) is 4.49. The van der Waals surface area contributed by atoms with Gasteiger partial charge in [-0.1, -0.05) is 18.2 Å². The number of nitrogens with zero attached hydrogens (tertiary/aromatic N) is 2. The number of benzene rings is 1. The summed E-state index contributed by atoms with van der Waals surface area (Å²) in [6.45, 7) is 10.8. The molecule has 28 heavy (non-hydrogen) atoms. The van der Waals surface area contributed by atoms with Crippen molar-refractivity contribution < 1.29 is 9.53 Å². The van der Waals surface area contributed by atoms with E-state index in [1.807, 2.05) is 30.3 Å². The number of carbonyl (C=O) groups excluding carboxylic acids is 1. The highest BCUT2D eigenvalue weighted by molar-refractivity contribution is 14.0. The van der Waals surface area contributed by atoms with Crippen molar-refractivity contribution in [3.63, 3.8) is 0 Å². The number of hydrogen-bond donors (Lipinski definition) is 3. The largest absolute Gasteiger partial charge is 0.379 e. The standard InChI is InChI=1S/C20H33N5O2.HI/c1-3-21-20(24-16-17(2)25-12-14-27-15-13-25)23-11-7-10-22-19(26)18-8-5-4-6-9-18;/h4-6,8-9,17H,3,7,10-16H2,1-2H3,(H,22,26)(H2,21,23,24);1H. The summed E-state index contributed by atoms with van der Waals surface area (Å²) in [4.78, 5) is 19.1. The van der Waals surface area contributed by atoms with Gasteiger partial charge in [0.1, 0.15) is 0 Å². The highest BCUT2D eigenvalue weighted by atomic mass is 127. The van der Waals surface area contributed by atoms with E-state index >= 15 is 0 Å². The summed E-state index contributed by atoms with van der Waals surface area (Å²) in [5.41, 5.74) is 0.692. The quantitative estimate of drug-likeness (QED) is 0.207. The van der Waals surface area contributed by atoms with Crippen LogP contribution >= 0.6 is 24.0 Å². The second-order valence-corrected chi connectivity index (χ2v) is 6.62. The van der Waals surface area contributed by atoms with Gasteiger partial charge in [0.05, 0.1) is 19.8 Å². The molecule has 1 heterocycles. The van der Waals surface area contributed by atoms with Gasteiger partial charge in [0, 0.05) is 44.3 Å². The number of amides is 1. The Labute approximate surface area is 185 Å². The summed E-state index contributed by atoms with van der Waals surface area (Å²) in [7, 11) is 0. The molecular formula is C20H34IN5O2. The first-order valence-electron chi connectivity index (χ1n) is 9.88. The van der Waals surface area contributed by atoms with Gasteiger partial charge in [0.2, 0.25) is 0 Å². The van der Waals surface area contributed by atoms with E-state index in [0.29, 0.717) is 18.2 Å². The Bertz CT molecular complexity index is 579. The third kappa shape index (κ3) is 9.20. The van der Waals surface area contributed by atoms with Crippen LogP contribution in [0, 0.1) is 0 Å². The van der Waals surface area contributed by atoms with Crippen LogP contribution in [0.1, 0.15) is 30.6 Å².